The molecule has 0 amide bonds. The Kier molecular flexibility index (Phi) is 3.19. The summed E-state index contributed by atoms with van der Waals surface area (Å²) in [6.45, 7) is 0. The molecule has 104 valence electrons. The summed E-state index contributed by atoms with van der Waals surface area (Å²) >= 11 is 0. The fraction of sp³-hybridized carbons (Fsp3) is 0.0667. The van der Waals surface area contributed by atoms with Gasteiger partial charge in [-0.25, -0.2) is 0 Å². The highest BCUT2D eigenvalue weighted by Crippen LogP contribution is 2.30. The number of anilines is 1. The fourth-order valence-electron chi connectivity index (χ4n) is 2.27. The van der Waals surface area contributed by atoms with E-state index in [2.05, 4.69) is 15.5 Å². The standard InChI is InChI=1S/C15H12N4O2/c1-16-15-13-8-3-2-7-12(13)14(17-18-15)10-5-4-6-11(9-10)19(20)21/h2-9H,1H3,(H,16,18). The Labute approximate surface area is 120 Å². The summed E-state index contributed by atoms with van der Waals surface area (Å²) in [5.41, 5.74) is 1.35. The van der Waals surface area contributed by atoms with E-state index in [1.165, 1.54) is 12.1 Å². The van der Waals surface area contributed by atoms with Crippen LogP contribution in [0.2, 0.25) is 0 Å². The molecule has 0 saturated heterocycles. The lowest BCUT2D eigenvalue weighted by Gasteiger charge is -2.08. The number of nitrogens with zero attached hydrogens (tertiary/aromatic N) is 3. The van der Waals surface area contributed by atoms with E-state index in [0.29, 0.717) is 17.1 Å². The molecule has 0 radical (unpaired) electrons. The number of nitro benzene ring substituents is 1. The van der Waals surface area contributed by atoms with Gasteiger partial charge in [-0.05, 0) is 0 Å². The summed E-state index contributed by atoms with van der Waals surface area (Å²) in [6, 6.07) is 14.1. The molecule has 0 aliphatic carbocycles. The molecule has 1 N–H and O–H groups in total. The van der Waals surface area contributed by atoms with E-state index in [0.717, 1.165) is 10.8 Å². The van der Waals surface area contributed by atoms with Crippen molar-refractivity contribution >= 4 is 22.3 Å². The Balaban J connectivity index is 2.26. The second-order valence-corrected chi connectivity index (χ2v) is 4.50. The fourth-order valence-corrected chi connectivity index (χ4v) is 2.27. The van der Waals surface area contributed by atoms with Gasteiger partial charge in [0, 0.05) is 35.5 Å². The van der Waals surface area contributed by atoms with Crippen LogP contribution in [0.4, 0.5) is 11.5 Å². The summed E-state index contributed by atoms with van der Waals surface area (Å²) in [5, 5.41) is 24.1. The Hall–Kier alpha value is -3.02. The highest BCUT2D eigenvalue weighted by molar-refractivity contribution is 6.00. The van der Waals surface area contributed by atoms with E-state index in [1.54, 1.807) is 19.2 Å². The normalized spacial score (nSPS) is 10.5. The van der Waals surface area contributed by atoms with Gasteiger partial charge in [0.25, 0.3) is 5.69 Å². The molecule has 1 heterocycles. The predicted molar refractivity (Wildman–Crippen MR) is 81.2 cm³/mol. The largest absolute Gasteiger partial charge is 0.371 e. The number of fused-ring (bicyclic) bond motifs is 1. The molecule has 6 nitrogen and oxygen atoms in total. The number of nitro groups is 1. The van der Waals surface area contributed by atoms with Crippen molar-refractivity contribution < 1.29 is 4.92 Å². The van der Waals surface area contributed by atoms with Crippen LogP contribution >= 0.6 is 0 Å². The van der Waals surface area contributed by atoms with Crippen molar-refractivity contribution in [2.24, 2.45) is 0 Å². The first kappa shape index (κ1) is 13.0. The smallest absolute Gasteiger partial charge is 0.270 e. The second-order valence-electron chi connectivity index (χ2n) is 4.50. The van der Waals surface area contributed by atoms with Crippen LogP contribution in [0, 0.1) is 10.1 Å². The molecular weight excluding hydrogens is 268 g/mol. The van der Waals surface area contributed by atoms with Crippen LogP contribution < -0.4 is 5.32 Å². The number of benzene rings is 2. The highest BCUT2D eigenvalue weighted by Gasteiger charge is 2.13. The zero-order valence-corrected chi connectivity index (χ0v) is 11.3. The lowest BCUT2D eigenvalue weighted by molar-refractivity contribution is -0.384. The maximum absolute atomic E-state index is 10.9. The van der Waals surface area contributed by atoms with Crippen molar-refractivity contribution in [3.05, 3.63) is 58.6 Å². The van der Waals surface area contributed by atoms with E-state index < -0.39 is 4.92 Å². The summed E-state index contributed by atoms with van der Waals surface area (Å²) < 4.78 is 0. The van der Waals surface area contributed by atoms with Gasteiger partial charge in [0.05, 0.1) is 4.92 Å². The SMILES string of the molecule is CNc1nnc(-c2cccc([N+](=O)[O-])c2)c2ccccc12. The second kappa shape index (κ2) is 5.16. The number of non-ortho nitro benzene ring substituents is 1. The van der Waals surface area contributed by atoms with Crippen molar-refractivity contribution in [3.63, 3.8) is 0 Å². The molecular formula is C15H12N4O2. The quantitative estimate of drug-likeness (QED) is 0.588. The van der Waals surface area contributed by atoms with Gasteiger partial charge in [-0.3, -0.25) is 10.1 Å². The van der Waals surface area contributed by atoms with Crippen LogP contribution in [-0.2, 0) is 0 Å². The summed E-state index contributed by atoms with van der Waals surface area (Å²) in [7, 11) is 1.78. The van der Waals surface area contributed by atoms with Gasteiger partial charge in [-0.15, -0.1) is 10.2 Å². The molecule has 2 aromatic carbocycles. The van der Waals surface area contributed by atoms with Crippen LogP contribution in [-0.4, -0.2) is 22.2 Å². The molecule has 0 unspecified atom stereocenters. The van der Waals surface area contributed by atoms with Gasteiger partial charge in [0.15, 0.2) is 5.82 Å². The minimum Gasteiger partial charge on any atom is -0.371 e. The van der Waals surface area contributed by atoms with Gasteiger partial charge in [-0.2, -0.15) is 0 Å². The van der Waals surface area contributed by atoms with Crippen molar-refractivity contribution in [1.82, 2.24) is 10.2 Å². The number of hydrogen-bond donors (Lipinski definition) is 1. The summed E-state index contributed by atoms with van der Waals surface area (Å²) in [4.78, 5) is 10.5. The van der Waals surface area contributed by atoms with Crippen LogP contribution in [0.3, 0.4) is 0 Å². The molecule has 0 atom stereocenters. The van der Waals surface area contributed by atoms with Crippen molar-refractivity contribution in [1.29, 1.82) is 0 Å². The number of aromatic nitrogens is 2. The predicted octanol–water partition coefficient (Wildman–Crippen LogP) is 3.25. The van der Waals surface area contributed by atoms with Gasteiger partial charge in [-0.1, -0.05) is 36.4 Å². The average molecular weight is 280 g/mol. The van der Waals surface area contributed by atoms with Gasteiger partial charge >= 0.3 is 0 Å². The maximum atomic E-state index is 10.9. The van der Waals surface area contributed by atoms with E-state index >= 15 is 0 Å². The molecule has 0 saturated carbocycles. The zero-order chi connectivity index (χ0) is 14.8. The average Bonchev–Trinajstić information content (AvgIpc) is 2.54. The Morgan fingerprint density at radius 3 is 2.52 bits per heavy atom. The Morgan fingerprint density at radius 2 is 1.81 bits per heavy atom. The minimum atomic E-state index is -0.416. The Morgan fingerprint density at radius 1 is 1.05 bits per heavy atom. The van der Waals surface area contributed by atoms with Crippen LogP contribution in [0.15, 0.2) is 48.5 Å². The third-order valence-corrected chi connectivity index (χ3v) is 3.25. The van der Waals surface area contributed by atoms with Gasteiger partial charge in [0.1, 0.15) is 5.69 Å². The molecule has 21 heavy (non-hydrogen) atoms. The van der Waals surface area contributed by atoms with E-state index in [9.17, 15) is 10.1 Å². The number of hydrogen-bond acceptors (Lipinski definition) is 5. The molecule has 0 aliphatic rings. The molecule has 3 rings (SSSR count). The zero-order valence-electron chi connectivity index (χ0n) is 11.3. The first-order valence-electron chi connectivity index (χ1n) is 6.38. The van der Waals surface area contributed by atoms with Crippen molar-refractivity contribution in [2.75, 3.05) is 12.4 Å². The van der Waals surface area contributed by atoms with Crippen LogP contribution in [0.1, 0.15) is 0 Å². The molecule has 1 aromatic heterocycles. The summed E-state index contributed by atoms with van der Waals surface area (Å²) in [6.07, 6.45) is 0. The molecule has 0 fully saturated rings. The molecule has 3 aromatic rings. The Bertz CT molecular complexity index is 833. The first-order chi connectivity index (χ1) is 10.2. The number of rotatable bonds is 3. The van der Waals surface area contributed by atoms with Crippen LogP contribution in [0.5, 0.6) is 0 Å². The molecule has 0 bridgehead atoms. The van der Waals surface area contributed by atoms with Crippen LogP contribution in [0.25, 0.3) is 22.0 Å². The third-order valence-electron chi connectivity index (χ3n) is 3.25. The number of nitrogens with one attached hydrogen (secondary N) is 1. The topological polar surface area (TPSA) is 81.0 Å². The highest BCUT2D eigenvalue weighted by atomic mass is 16.6. The van der Waals surface area contributed by atoms with E-state index in [-0.39, 0.29) is 5.69 Å². The maximum Gasteiger partial charge on any atom is 0.270 e. The minimum absolute atomic E-state index is 0.0380. The monoisotopic (exact) mass is 280 g/mol. The molecule has 0 aliphatic heterocycles. The summed E-state index contributed by atoms with van der Waals surface area (Å²) in [5.74, 6) is 0.680. The molecule has 0 spiro atoms. The van der Waals surface area contributed by atoms with Gasteiger partial charge in [0.2, 0.25) is 0 Å². The van der Waals surface area contributed by atoms with E-state index in [4.69, 9.17) is 0 Å². The van der Waals surface area contributed by atoms with Gasteiger partial charge < -0.3 is 5.32 Å². The lowest BCUT2D eigenvalue weighted by atomic mass is 10.0. The van der Waals surface area contributed by atoms with Crippen molar-refractivity contribution in [2.45, 2.75) is 0 Å². The van der Waals surface area contributed by atoms with Crippen molar-refractivity contribution in [3.8, 4) is 11.3 Å². The third kappa shape index (κ3) is 2.27. The lowest BCUT2D eigenvalue weighted by Crippen LogP contribution is -1.98. The first-order valence-corrected chi connectivity index (χ1v) is 6.38. The van der Waals surface area contributed by atoms with E-state index in [1.807, 2.05) is 24.3 Å². The molecule has 6 heteroatoms.